The fraction of sp³-hybridized carbons (Fsp3) is 0.625. The molecule has 1 heterocycles. The van der Waals surface area contributed by atoms with E-state index in [9.17, 15) is 0 Å². The van der Waals surface area contributed by atoms with Crippen LogP contribution in [0.5, 0.6) is 0 Å². The lowest BCUT2D eigenvalue weighted by molar-refractivity contribution is 0.148. The summed E-state index contributed by atoms with van der Waals surface area (Å²) >= 11 is 0. The lowest BCUT2D eigenvalue weighted by Crippen LogP contribution is -2.05. The van der Waals surface area contributed by atoms with Gasteiger partial charge in [0.25, 0.3) is 0 Å². The fourth-order valence-corrected chi connectivity index (χ4v) is 1.01. The third-order valence-corrected chi connectivity index (χ3v) is 1.48. The van der Waals surface area contributed by atoms with E-state index in [1.54, 1.807) is 0 Å². The summed E-state index contributed by atoms with van der Waals surface area (Å²) in [5, 5.41) is 0. The van der Waals surface area contributed by atoms with Gasteiger partial charge in [0.15, 0.2) is 0 Å². The summed E-state index contributed by atoms with van der Waals surface area (Å²) in [5.41, 5.74) is 1.43. The van der Waals surface area contributed by atoms with Crippen molar-refractivity contribution in [3.05, 3.63) is 18.6 Å². The van der Waals surface area contributed by atoms with Crippen LogP contribution in [0.1, 0.15) is 19.3 Å². The third kappa shape index (κ3) is 2.19. The van der Waals surface area contributed by atoms with Crippen LogP contribution >= 0.6 is 0 Å². The molecule has 51 valence electrons. The number of rotatable bonds is 2. The largest absolute Gasteiger partial charge is 0.377 e. The van der Waals surface area contributed by atoms with E-state index >= 15 is 0 Å². The van der Waals surface area contributed by atoms with Crippen molar-refractivity contribution in [1.82, 2.24) is 0 Å². The van der Waals surface area contributed by atoms with Crippen molar-refractivity contribution in [1.29, 1.82) is 0 Å². The van der Waals surface area contributed by atoms with Crippen molar-refractivity contribution in [3.63, 3.8) is 0 Å². The predicted molar refractivity (Wildman–Crippen MR) is 38.1 cm³/mol. The molecule has 0 fully saturated rings. The highest BCUT2D eigenvalue weighted by Crippen LogP contribution is 2.10. The molecule has 1 aliphatic heterocycles. The van der Waals surface area contributed by atoms with Crippen molar-refractivity contribution >= 4 is 0 Å². The van der Waals surface area contributed by atoms with Gasteiger partial charge in [-0.3, -0.25) is 0 Å². The minimum absolute atomic E-state index is 0.843. The average molecular weight is 125 g/mol. The molecule has 0 atom stereocenters. The molecule has 1 heteroatoms. The summed E-state index contributed by atoms with van der Waals surface area (Å²) in [6.07, 6.45) is 5.47. The van der Waals surface area contributed by atoms with E-state index in [0.717, 1.165) is 32.5 Å². The maximum Gasteiger partial charge on any atom is 0.0676 e. The van der Waals surface area contributed by atoms with Crippen LogP contribution in [-0.2, 0) is 4.74 Å². The van der Waals surface area contributed by atoms with E-state index in [2.05, 4.69) is 13.0 Å². The van der Waals surface area contributed by atoms with E-state index in [4.69, 9.17) is 4.74 Å². The molecule has 0 aromatic rings. The maximum atomic E-state index is 5.24. The number of ether oxygens (including phenoxy) is 1. The normalized spacial score (nSPS) is 19.4. The van der Waals surface area contributed by atoms with Gasteiger partial charge in [-0.1, -0.05) is 13.0 Å². The summed E-state index contributed by atoms with van der Waals surface area (Å²) in [6.45, 7) is 5.53. The second-order valence-electron chi connectivity index (χ2n) is 2.31. The highest BCUT2D eigenvalue weighted by atomic mass is 16.5. The second kappa shape index (κ2) is 3.67. The van der Waals surface area contributed by atoms with Gasteiger partial charge in [0.1, 0.15) is 0 Å². The Hall–Kier alpha value is -0.300. The molecule has 0 amide bonds. The lowest BCUT2D eigenvalue weighted by Gasteiger charge is -2.11. The van der Waals surface area contributed by atoms with Crippen LogP contribution in [0.15, 0.2) is 11.6 Å². The van der Waals surface area contributed by atoms with E-state index in [1.165, 1.54) is 5.57 Å². The Morgan fingerprint density at radius 1 is 1.67 bits per heavy atom. The van der Waals surface area contributed by atoms with Crippen LogP contribution in [0.25, 0.3) is 0 Å². The molecule has 1 nitrogen and oxygen atoms in total. The molecule has 0 bridgehead atoms. The molecular formula is C8H13O. The van der Waals surface area contributed by atoms with Crippen LogP contribution < -0.4 is 0 Å². The van der Waals surface area contributed by atoms with Gasteiger partial charge in [0.2, 0.25) is 0 Å². The van der Waals surface area contributed by atoms with Crippen molar-refractivity contribution in [3.8, 4) is 0 Å². The van der Waals surface area contributed by atoms with Gasteiger partial charge >= 0.3 is 0 Å². The van der Waals surface area contributed by atoms with Crippen molar-refractivity contribution in [2.75, 3.05) is 13.2 Å². The molecule has 0 saturated heterocycles. The van der Waals surface area contributed by atoms with E-state index in [-0.39, 0.29) is 0 Å². The van der Waals surface area contributed by atoms with Crippen LogP contribution in [0.3, 0.4) is 0 Å². The van der Waals surface area contributed by atoms with E-state index in [0.29, 0.717) is 0 Å². The first-order valence-electron chi connectivity index (χ1n) is 3.48. The molecule has 0 aromatic carbocycles. The SMILES string of the molecule is [CH2]CCC1=CCCOC1. The first-order valence-corrected chi connectivity index (χ1v) is 3.48. The molecule has 0 aromatic heterocycles. The Labute approximate surface area is 56.7 Å². The Morgan fingerprint density at radius 3 is 3.11 bits per heavy atom. The number of hydrogen-bond acceptors (Lipinski definition) is 1. The minimum atomic E-state index is 0.843. The van der Waals surface area contributed by atoms with Crippen LogP contribution in [0.4, 0.5) is 0 Å². The predicted octanol–water partition coefficient (Wildman–Crippen LogP) is 1.95. The number of hydrogen-bond donors (Lipinski definition) is 0. The standard InChI is InChI=1S/C8H13O/c1-2-4-8-5-3-6-9-7-8/h5H,1-4,6-7H2. The topological polar surface area (TPSA) is 9.23 Å². The lowest BCUT2D eigenvalue weighted by atomic mass is 10.1. The van der Waals surface area contributed by atoms with Crippen molar-refractivity contribution in [2.45, 2.75) is 19.3 Å². The molecule has 1 radical (unpaired) electrons. The highest BCUT2D eigenvalue weighted by molar-refractivity contribution is 5.04. The molecule has 1 rings (SSSR count). The van der Waals surface area contributed by atoms with Crippen LogP contribution in [0, 0.1) is 6.92 Å². The first kappa shape index (κ1) is 6.81. The fourth-order valence-electron chi connectivity index (χ4n) is 1.01. The van der Waals surface area contributed by atoms with Crippen LogP contribution in [-0.4, -0.2) is 13.2 Å². The monoisotopic (exact) mass is 125 g/mol. The molecule has 1 aliphatic rings. The zero-order valence-electron chi connectivity index (χ0n) is 5.73. The molecule has 0 saturated carbocycles. The van der Waals surface area contributed by atoms with Gasteiger partial charge in [-0.15, -0.1) is 0 Å². The van der Waals surface area contributed by atoms with Gasteiger partial charge in [-0.05, 0) is 24.8 Å². The smallest absolute Gasteiger partial charge is 0.0676 e. The van der Waals surface area contributed by atoms with Crippen molar-refractivity contribution in [2.24, 2.45) is 0 Å². The Morgan fingerprint density at radius 2 is 2.56 bits per heavy atom. The zero-order valence-corrected chi connectivity index (χ0v) is 5.73. The summed E-state index contributed by atoms with van der Waals surface area (Å²) in [4.78, 5) is 0. The molecule has 0 unspecified atom stereocenters. The molecule has 0 aliphatic carbocycles. The molecular weight excluding hydrogens is 112 g/mol. The van der Waals surface area contributed by atoms with Gasteiger partial charge in [-0.25, -0.2) is 0 Å². The van der Waals surface area contributed by atoms with Gasteiger partial charge in [0, 0.05) is 0 Å². The van der Waals surface area contributed by atoms with Gasteiger partial charge in [-0.2, -0.15) is 0 Å². The Kier molecular flexibility index (Phi) is 2.78. The minimum Gasteiger partial charge on any atom is -0.377 e. The van der Waals surface area contributed by atoms with E-state index in [1.807, 2.05) is 0 Å². The maximum absolute atomic E-state index is 5.24. The first-order chi connectivity index (χ1) is 4.43. The molecule has 0 spiro atoms. The Bertz CT molecular complexity index is 105. The quantitative estimate of drug-likeness (QED) is 0.512. The average Bonchev–Trinajstić information content (AvgIpc) is 1.91. The van der Waals surface area contributed by atoms with Gasteiger partial charge in [0.05, 0.1) is 13.2 Å². The zero-order chi connectivity index (χ0) is 6.53. The molecule has 0 N–H and O–H groups in total. The van der Waals surface area contributed by atoms with Gasteiger partial charge < -0.3 is 4.74 Å². The third-order valence-electron chi connectivity index (χ3n) is 1.48. The van der Waals surface area contributed by atoms with E-state index < -0.39 is 0 Å². The molecule has 9 heavy (non-hydrogen) atoms. The summed E-state index contributed by atoms with van der Waals surface area (Å²) < 4.78 is 5.24. The highest BCUT2D eigenvalue weighted by Gasteiger charge is 2.00. The second-order valence-corrected chi connectivity index (χ2v) is 2.31. The Balaban J connectivity index is 2.28. The summed E-state index contributed by atoms with van der Waals surface area (Å²) in [7, 11) is 0. The summed E-state index contributed by atoms with van der Waals surface area (Å²) in [6, 6.07) is 0. The summed E-state index contributed by atoms with van der Waals surface area (Å²) in [5.74, 6) is 0. The van der Waals surface area contributed by atoms with Crippen molar-refractivity contribution < 1.29 is 4.74 Å². The van der Waals surface area contributed by atoms with Crippen LogP contribution in [0.2, 0.25) is 0 Å².